The number of amides is 2. The van der Waals surface area contributed by atoms with Gasteiger partial charge < -0.3 is 15.2 Å². The van der Waals surface area contributed by atoms with Crippen molar-refractivity contribution in [2.24, 2.45) is 11.7 Å². The van der Waals surface area contributed by atoms with Gasteiger partial charge in [-0.1, -0.05) is 0 Å². The van der Waals surface area contributed by atoms with Gasteiger partial charge in [-0.2, -0.15) is 0 Å². The predicted molar refractivity (Wildman–Crippen MR) is 84.5 cm³/mol. The molecule has 1 fully saturated rings. The van der Waals surface area contributed by atoms with Gasteiger partial charge in [0.2, 0.25) is 5.91 Å². The van der Waals surface area contributed by atoms with Crippen LogP contribution in [0.3, 0.4) is 0 Å². The van der Waals surface area contributed by atoms with Gasteiger partial charge in [0.25, 0.3) is 0 Å². The molecule has 1 rings (SSSR count). The van der Waals surface area contributed by atoms with Crippen molar-refractivity contribution in [3.05, 3.63) is 0 Å². The van der Waals surface area contributed by atoms with Crippen LogP contribution in [0.5, 0.6) is 0 Å². The van der Waals surface area contributed by atoms with E-state index in [1.54, 1.807) is 20.8 Å². The zero-order valence-corrected chi connectivity index (χ0v) is 14.8. The second-order valence-electron chi connectivity index (χ2n) is 7.69. The minimum Gasteiger partial charge on any atom is -0.467 e. The van der Waals surface area contributed by atoms with E-state index in [-0.39, 0.29) is 6.42 Å². The number of esters is 1. The number of imide groups is 1. The number of carbonyl (C=O) groups is 3. The van der Waals surface area contributed by atoms with Crippen LogP contribution in [0.15, 0.2) is 0 Å². The summed E-state index contributed by atoms with van der Waals surface area (Å²) in [7, 11) is 1.23. The summed E-state index contributed by atoms with van der Waals surface area (Å²) in [6, 6.07) is -0.937. The van der Waals surface area contributed by atoms with E-state index in [2.05, 4.69) is 0 Å². The van der Waals surface area contributed by atoms with E-state index < -0.39 is 41.1 Å². The van der Waals surface area contributed by atoms with Gasteiger partial charge in [-0.3, -0.25) is 4.79 Å². The highest BCUT2D eigenvalue weighted by Crippen LogP contribution is 2.31. The smallest absolute Gasteiger partial charge is 0.417 e. The number of hydrogen-bond donors (Lipinski definition) is 1. The average molecular weight is 328 g/mol. The predicted octanol–water partition coefficient (Wildman–Crippen LogP) is 1.83. The SMILES string of the molecule is COC(=O)[C@@H]1CC(CCC(C)(C)N)C(=O)N1C(=O)OC(C)(C)C. The Labute approximate surface area is 137 Å². The lowest BCUT2D eigenvalue weighted by atomic mass is 9.91. The van der Waals surface area contributed by atoms with E-state index in [1.807, 2.05) is 13.8 Å². The minimum atomic E-state index is -0.937. The number of carbonyl (C=O) groups excluding carboxylic acids is 3. The average Bonchev–Trinajstić information content (AvgIpc) is 2.70. The van der Waals surface area contributed by atoms with Gasteiger partial charge >= 0.3 is 12.1 Å². The summed E-state index contributed by atoms with van der Waals surface area (Å²) >= 11 is 0. The molecular formula is C16H28N2O5. The molecule has 7 heteroatoms. The Morgan fingerprint density at radius 2 is 1.83 bits per heavy atom. The van der Waals surface area contributed by atoms with Crippen LogP contribution in [0.1, 0.15) is 53.9 Å². The van der Waals surface area contributed by atoms with Crippen LogP contribution in [0.25, 0.3) is 0 Å². The fraction of sp³-hybridized carbons (Fsp3) is 0.812. The maximum atomic E-state index is 12.6. The van der Waals surface area contributed by atoms with Crippen LogP contribution in [0.2, 0.25) is 0 Å². The molecule has 2 N–H and O–H groups in total. The third-order valence-corrected chi connectivity index (χ3v) is 3.61. The van der Waals surface area contributed by atoms with Gasteiger partial charge in [-0.05, 0) is 53.9 Å². The van der Waals surface area contributed by atoms with E-state index >= 15 is 0 Å². The van der Waals surface area contributed by atoms with Crippen LogP contribution in [-0.4, -0.2) is 47.2 Å². The first-order chi connectivity index (χ1) is 10.4. The van der Waals surface area contributed by atoms with Gasteiger partial charge in [0.1, 0.15) is 11.6 Å². The van der Waals surface area contributed by atoms with Gasteiger partial charge in [-0.25, -0.2) is 14.5 Å². The largest absolute Gasteiger partial charge is 0.467 e. The van der Waals surface area contributed by atoms with Crippen molar-refractivity contribution in [3.63, 3.8) is 0 Å². The Balaban J connectivity index is 2.93. The van der Waals surface area contributed by atoms with Crippen LogP contribution in [0, 0.1) is 5.92 Å². The van der Waals surface area contributed by atoms with E-state index in [0.29, 0.717) is 12.8 Å². The maximum Gasteiger partial charge on any atom is 0.417 e. The first kappa shape index (κ1) is 19.4. The molecule has 0 aromatic heterocycles. The number of nitrogens with two attached hydrogens (primary N) is 1. The number of rotatable bonds is 4. The zero-order valence-electron chi connectivity index (χ0n) is 14.8. The lowest BCUT2D eigenvalue weighted by Gasteiger charge is -2.26. The third-order valence-electron chi connectivity index (χ3n) is 3.61. The maximum absolute atomic E-state index is 12.6. The van der Waals surface area contributed by atoms with E-state index in [1.165, 1.54) is 7.11 Å². The molecule has 0 aromatic rings. The Bertz CT molecular complexity index is 476. The normalized spacial score (nSPS) is 22.2. The highest BCUT2D eigenvalue weighted by Gasteiger charge is 2.48. The van der Waals surface area contributed by atoms with Crippen molar-refractivity contribution in [2.75, 3.05) is 7.11 Å². The standard InChI is InChI=1S/C16H28N2O5/c1-15(2,3)23-14(21)18-11(13(20)22-6)9-10(12(18)19)7-8-16(4,5)17/h10-11H,7-9,17H2,1-6H3/t10?,11-/m0/s1. The van der Waals surface area contributed by atoms with E-state index in [4.69, 9.17) is 15.2 Å². The molecule has 1 aliphatic rings. The molecule has 0 saturated carbocycles. The number of nitrogens with zero attached hydrogens (tertiary/aromatic N) is 1. The molecule has 0 aliphatic carbocycles. The summed E-state index contributed by atoms with van der Waals surface area (Å²) < 4.78 is 9.97. The zero-order chi connectivity index (χ0) is 18.0. The van der Waals surface area contributed by atoms with Crippen molar-refractivity contribution in [3.8, 4) is 0 Å². The molecule has 23 heavy (non-hydrogen) atoms. The van der Waals surface area contributed by atoms with Crippen molar-refractivity contribution in [2.45, 2.75) is 71.1 Å². The number of likely N-dealkylation sites (tertiary alicyclic amines) is 1. The molecule has 0 aromatic carbocycles. The second kappa shape index (κ2) is 6.86. The Morgan fingerprint density at radius 3 is 2.26 bits per heavy atom. The summed E-state index contributed by atoms with van der Waals surface area (Å²) in [4.78, 5) is 37.7. The molecule has 0 radical (unpaired) electrons. The van der Waals surface area contributed by atoms with Crippen LogP contribution in [0.4, 0.5) is 4.79 Å². The second-order valence-corrected chi connectivity index (χ2v) is 7.69. The molecule has 0 spiro atoms. The van der Waals surface area contributed by atoms with Gasteiger partial charge in [0.15, 0.2) is 0 Å². The molecule has 2 atom stereocenters. The molecule has 2 amide bonds. The summed E-state index contributed by atoms with van der Waals surface area (Å²) in [5, 5.41) is 0. The summed E-state index contributed by atoms with van der Waals surface area (Å²) in [5.41, 5.74) is 4.78. The number of methoxy groups -OCH3 is 1. The number of hydrogen-bond acceptors (Lipinski definition) is 6. The highest BCUT2D eigenvalue weighted by molar-refractivity contribution is 6.00. The Hall–Kier alpha value is -1.63. The minimum absolute atomic E-state index is 0.237. The topological polar surface area (TPSA) is 98.9 Å². The molecule has 7 nitrogen and oxygen atoms in total. The molecule has 1 heterocycles. The first-order valence-corrected chi connectivity index (χ1v) is 7.78. The van der Waals surface area contributed by atoms with E-state index in [0.717, 1.165) is 4.90 Å². The van der Waals surface area contributed by atoms with Gasteiger partial charge in [0.05, 0.1) is 7.11 Å². The fourth-order valence-electron chi connectivity index (χ4n) is 2.48. The van der Waals surface area contributed by atoms with Crippen molar-refractivity contribution >= 4 is 18.0 Å². The fourth-order valence-corrected chi connectivity index (χ4v) is 2.48. The van der Waals surface area contributed by atoms with Crippen molar-refractivity contribution in [1.29, 1.82) is 0 Å². The molecule has 1 saturated heterocycles. The van der Waals surface area contributed by atoms with E-state index in [9.17, 15) is 14.4 Å². The summed E-state index contributed by atoms with van der Waals surface area (Å²) in [6.45, 7) is 8.85. The summed E-state index contributed by atoms with van der Waals surface area (Å²) in [5.74, 6) is -1.45. The third kappa shape index (κ3) is 5.49. The molecule has 1 aliphatic heterocycles. The monoisotopic (exact) mass is 328 g/mol. The summed E-state index contributed by atoms with van der Waals surface area (Å²) in [6.07, 6.45) is 0.544. The van der Waals surface area contributed by atoms with Gasteiger partial charge in [0, 0.05) is 11.5 Å². The Kier molecular flexibility index (Phi) is 5.79. The Morgan fingerprint density at radius 1 is 1.26 bits per heavy atom. The van der Waals surface area contributed by atoms with Crippen LogP contribution >= 0.6 is 0 Å². The molecule has 0 bridgehead atoms. The van der Waals surface area contributed by atoms with Gasteiger partial charge in [-0.15, -0.1) is 0 Å². The van der Waals surface area contributed by atoms with Crippen molar-refractivity contribution in [1.82, 2.24) is 4.90 Å². The highest BCUT2D eigenvalue weighted by atomic mass is 16.6. The first-order valence-electron chi connectivity index (χ1n) is 7.78. The van der Waals surface area contributed by atoms with Crippen LogP contribution < -0.4 is 5.73 Å². The molecule has 1 unspecified atom stereocenters. The van der Waals surface area contributed by atoms with Crippen molar-refractivity contribution < 1.29 is 23.9 Å². The van der Waals surface area contributed by atoms with Crippen LogP contribution in [-0.2, 0) is 19.1 Å². The lowest BCUT2D eigenvalue weighted by molar-refractivity contribution is -0.148. The number of ether oxygens (including phenoxy) is 2. The molecular weight excluding hydrogens is 300 g/mol. The quantitative estimate of drug-likeness (QED) is 0.790. The molecule has 132 valence electrons. The lowest BCUT2D eigenvalue weighted by Crippen LogP contribution is -2.46.